The first-order chi connectivity index (χ1) is 21.5. The molecule has 1 amide bonds. The lowest BCUT2D eigenvalue weighted by Crippen LogP contribution is -2.42. The summed E-state index contributed by atoms with van der Waals surface area (Å²) in [5, 5.41) is 9.04. The van der Waals surface area contributed by atoms with Crippen LogP contribution in [0.4, 0.5) is 24.8 Å². The summed E-state index contributed by atoms with van der Waals surface area (Å²) in [5.74, 6) is -4.39. The van der Waals surface area contributed by atoms with Crippen LogP contribution in [-0.4, -0.2) is 53.8 Å². The van der Waals surface area contributed by atoms with E-state index in [-0.39, 0.29) is 40.4 Å². The molecule has 15 heteroatoms. The lowest BCUT2D eigenvalue weighted by molar-refractivity contribution is -0.129. The van der Waals surface area contributed by atoms with Gasteiger partial charge in [-0.15, -0.1) is 0 Å². The number of fused-ring (bicyclic) bond motifs is 2. The molecule has 0 radical (unpaired) electrons. The van der Waals surface area contributed by atoms with Crippen LogP contribution in [0.3, 0.4) is 0 Å². The number of anilines is 2. The number of amides is 1. The number of nitrogens with zero attached hydrogens (tertiary/aromatic N) is 7. The Morgan fingerprint density at radius 1 is 0.978 bits per heavy atom. The summed E-state index contributed by atoms with van der Waals surface area (Å²) in [7, 11) is 3.24. The zero-order valence-corrected chi connectivity index (χ0v) is 24.4. The standard InChI is InChI=1S/C30H22ClF3N8O3/c1-39(2)27(43)15-40-13-18-8-25(20(31)9-24(18)38-40)36-28-37-29(44)42(26-12-35-11-16-5-3-4-6-19(16)26)30(45)41(28)14-17-7-22(33)23(34)10-21(17)32/h3-13H,14-15H2,1-2H3,(H,36,37,44). The SMILES string of the molecule is CN(C)C(=O)Cn1cc2cc(Nc3nc(=O)n(-c4cncc5ccccc45)c(=O)n3Cc3cc(F)c(F)cc3F)c(Cl)cc2n1. The van der Waals surface area contributed by atoms with E-state index in [1.54, 1.807) is 56.8 Å². The number of pyridine rings is 1. The Morgan fingerprint density at radius 3 is 2.51 bits per heavy atom. The van der Waals surface area contributed by atoms with Crippen molar-refractivity contribution in [2.45, 2.75) is 13.1 Å². The van der Waals surface area contributed by atoms with E-state index in [2.05, 4.69) is 20.4 Å². The van der Waals surface area contributed by atoms with Gasteiger partial charge in [0.05, 0.1) is 34.7 Å². The van der Waals surface area contributed by atoms with Crippen molar-refractivity contribution >= 4 is 50.8 Å². The van der Waals surface area contributed by atoms with Gasteiger partial charge in [-0.25, -0.2) is 27.3 Å². The van der Waals surface area contributed by atoms with Gasteiger partial charge in [-0.3, -0.25) is 19.0 Å². The summed E-state index contributed by atoms with van der Waals surface area (Å²) in [6, 6.07) is 11.0. The van der Waals surface area contributed by atoms with Gasteiger partial charge in [0.25, 0.3) is 0 Å². The highest BCUT2D eigenvalue weighted by molar-refractivity contribution is 6.34. The van der Waals surface area contributed by atoms with Crippen molar-refractivity contribution in [1.82, 2.24) is 33.8 Å². The largest absolute Gasteiger partial charge is 0.359 e. The molecule has 6 rings (SSSR count). The van der Waals surface area contributed by atoms with Crippen LogP contribution in [-0.2, 0) is 17.9 Å². The quantitative estimate of drug-likeness (QED) is 0.261. The number of carbonyl (C=O) groups excluding carboxylic acids is 1. The molecule has 0 aliphatic carbocycles. The molecule has 0 unspecified atom stereocenters. The Hall–Kier alpha value is -5.50. The molecule has 3 aromatic carbocycles. The van der Waals surface area contributed by atoms with Gasteiger partial charge in [0, 0.05) is 54.3 Å². The Balaban J connectivity index is 1.50. The third kappa shape index (κ3) is 5.62. The molecule has 0 aliphatic heterocycles. The highest BCUT2D eigenvalue weighted by atomic mass is 35.5. The fourth-order valence-electron chi connectivity index (χ4n) is 4.75. The van der Waals surface area contributed by atoms with Gasteiger partial charge in [0.15, 0.2) is 11.6 Å². The first-order valence-electron chi connectivity index (χ1n) is 13.3. The van der Waals surface area contributed by atoms with E-state index in [1.165, 1.54) is 21.8 Å². The summed E-state index contributed by atoms with van der Waals surface area (Å²) in [6.45, 7) is -0.662. The van der Waals surface area contributed by atoms with Gasteiger partial charge in [-0.05, 0) is 18.2 Å². The maximum Gasteiger partial charge on any atom is 0.359 e. The van der Waals surface area contributed by atoms with Crippen molar-refractivity contribution in [3.05, 3.63) is 116 Å². The summed E-state index contributed by atoms with van der Waals surface area (Å²) in [5.41, 5.74) is -1.57. The minimum Gasteiger partial charge on any atom is -0.347 e. The second kappa shape index (κ2) is 11.5. The van der Waals surface area contributed by atoms with Crippen LogP contribution in [0.25, 0.3) is 27.4 Å². The van der Waals surface area contributed by atoms with Gasteiger partial charge in [-0.1, -0.05) is 35.9 Å². The van der Waals surface area contributed by atoms with E-state index < -0.39 is 35.4 Å². The maximum atomic E-state index is 14.8. The minimum absolute atomic E-state index is 0.0236. The Morgan fingerprint density at radius 2 is 1.73 bits per heavy atom. The number of benzene rings is 3. The molecule has 45 heavy (non-hydrogen) atoms. The Labute approximate surface area is 256 Å². The van der Waals surface area contributed by atoms with Gasteiger partial charge in [0.1, 0.15) is 12.4 Å². The van der Waals surface area contributed by atoms with Crippen LogP contribution < -0.4 is 16.7 Å². The second-order valence-corrected chi connectivity index (χ2v) is 10.7. The maximum absolute atomic E-state index is 14.8. The van der Waals surface area contributed by atoms with Crippen LogP contribution in [0.5, 0.6) is 0 Å². The predicted octanol–water partition coefficient (Wildman–Crippen LogP) is 4.24. The summed E-state index contributed by atoms with van der Waals surface area (Å²) in [4.78, 5) is 49.2. The van der Waals surface area contributed by atoms with Gasteiger partial charge < -0.3 is 10.2 Å². The van der Waals surface area contributed by atoms with Gasteiger partial charge >= 0.3 is 11.4 Å². The first kappa shape index (κ1) is 29.6. The molecule has 11 nitrogen and oxygen atoms in total. The third-order valence-electron chi connectivity index (χ3n) is 7.06. The molecule has 6 aromatic rings. The minimum atomic E-state index is -1.40. The van der Waals surface area contributed by atoms with E-state index in [9.17, 15) is 27.6 Å². The number of hydrogen-bond acceptors (Lipinski definition) is 7. The van der Waals surface area contributed by atoms with Crippen LogP contribution in [0.2, 0.25) is 5.02 Å². The van der Waals surface area contributed by atoms with E-state index >= 15 is 0 Å². The Kier molecular flexibility index (Phi) is 7.58. The second-order valence-electron chi connectivity index (χ2n) is 10.3. The van der Waals surface area contributed by atoms with Crippen molar-refractivity contribution in [3.8, 4) is 5.69 Å². The molecule has 0 spiro atoms. The monoisotopic (exact) mass is 634 g/mol. The Bertz CT molecular complexity index is 2260. The average Bonchev–Trinajstić information content (AvgIpc) is 3.38. The number of carbonyl (C=O) groups is 1. The van der Waals surface area contributed by atoms with Crippen molar-refractivity contribution in [2.75, 3.05) is 19.4 Å². The van der Waals surface area contributed by atoms with Crippen LogP contribution >= 0.6 is 11.6 Å². The fraction of sp³-hybridized carbons (Fsp3) is 0.133. The molecule has 0 fully saturated rings. The zero-order chi connectivity index (χ0) is 32.0. The number of hydrogen-bond donors (Lipinski definition) is 1. The molecular weight excluding hydrogens is 613 g/mol. The normalized spacial score (nSPS) is 11.3. The average molecular weight is 635 g/mol. The number of likely N-dealkylation sites (N-methyl/N-ethyl adjacent to an activating group) is 1. The summed E-state index contributed by atoms with van der Waals surface area (Å²) < 4.78 is 45.8. The number of halogens is 4. The van der Waals surface area contributed by atoms with Crippen molar-refractivity contribution in [1.29, 1.82) is 0 Å². The molecule has 3 aromatic heterocycles. The lowest BCUT2D eigenvalue weighted by atomic mass is 10.1. The molecule has 0 saturated heterocycles. The van der Waals surface area contributed by atoms with E-state index in [0.717, 1.165) is 9.13 Å². The highest BCUT2D eigenvalue weighted by Crippen LogP contribution is 2.30. The van der Waals surface area contributed by atoms with E-state index in [1.807, 2.05) is 0 Å². The molecule has 0 aliphatic rings. The summed E-state index contributed by atoms with van der Waals surface area (Å²) in [6.07, 6.45) is 4.48. The number of rotatable bonds is 7. The summed E-state index contributed by atoms with van der Waals surface area (Å²) >= 11 is 6.52. The molecule has 3 heterocycles. The van der Waals surface area contributed by atoms with Gasteiger partial charge in [-0.2, -0.15) is 10.1 Å². The van der Waals surface area contributed by atoms with Crippen LogP contribution in [0.1, 0.15) is 5.56 Å². The van der Waals surface area contributed by atoms with E-state index in [4.69, 9.17) is 11.6 Å². The topological polar surface area (TPSA) is 120 Å². The number of aromatic nitrogens is 6. The van der Waals surface area contributed by atoms with Crippen LogP contribution in [0, 0.1) is 17.5 Å². The third-order valence-corrected chi connectivity index (χ3v) is 7.37. The predicted molar refractivity (Wildman–Crippen MR) is 162 cm³/mol. The van der Waals surface area contributed by atoms with Crippen LogP contribution in [0.15, 0.2) is 76.7 Å². The van der Waals surface area contributed by atoms with Crippen molar-refractivity contribution in [3.63, 3.8) is 0 Å². The van der Waals surface area contributed by atoms with E-state index in [0.29, 0.717) is 33.8 Å². The lowest BCUT2D eigenvalue weighted by Gasteiger charge is -2.17. The molecule has 1 N–H and O–H groups in total. The molecule has 0 saturated carbocycles. The number of nitrogens with one attached hydrogen (secondary N) is 1. The molecule has 0 bridgehead atoms. The zero-order valence-electron chi connectivity index (χ0n) is 23.6. The molecule has 228 valence electrons. The highest BCUT2D eigenvalue weighted by Gasteiger charge is 2.21. The molecular formula is C30H22ClF3N8O3. The van der Waals surface area contributed by atoms with Gasteiger partial charge in [0.2, 0.25) is 11.9 Å². The first-order valence-corrected chi connectivity index (χ1v) is 13.7. The molecule has 0 atom stereocenters. The fourth-order valence-corrected chi connectivity index (χ4v) is 4.95. The van der Waals surface area contributed by atoms with Crippen molar-refractivity contribution in [2.24, 2.45) is 0 Å². The smallest absolute Gasteiger partial charge is 0.347 e. The van der Waals surface area contributed by atoms with Crippen molar-refractivity contribution < 1.29 is 18.0 Å².